The maximum Gasteiger partial charge on any atom is 0.318 e. The topological polar surface area (TPSA) is 118 Å². The number of phenols is 1. The van der Waals surface area contributed by atoms with E-state index >= 15 is 0 Å². The predicted molar refractivity (Wildman–Crippen MR) is 166 cm³/mol. The van der Waals surface area contributed by atoms with Gasteiger partial charge in [-0.3, -0.25) is 9.80 Å². The van der Waals surface area contributed by atoms with Gasteiger partial charge < -0.3 is 34.6 Å². The number of hydrogen-bond donors (Lipinski definition) is 3. The smallest absolute Gasteiger partial charge is 0.318 e. The van der Waals surface area contributed by atoms with Crippen LogP contribution in [0.2, 0.25) is 0 Å². The van der Waals surface area contributed by atoms with E-state index in [-0.39, 0.29) is 18.4 Å². The van der Waals surface area contributed by atoms with Crippen LogP contribution >= 0.6 is 0 Å². The van der Waals surface area contributed by atoms with Crippen LogP contribution in [0.3, 0.4) is 0 Å². The van der Waals surface area contributed by atoms with Crippen molar-refractivity contribution >= 4 is 22.3 Å². The van der Waals surface area contributed by atoms with Crippen LogP contribution < -0.4 is 14.5 Å². The third-order valence-corrected chi connectivity index (χ3v) is 8.72. The number of hydrogen-bond acceptors (Lipinski definition) is 11. The van der Waals surface area contributed by atoms with E-state index in [1.165, 1.54) is 6.08 Å². The number of aromatic nitrogens is 2. The number of piperazine rings is 1. The number of nitrogens with zero attached hydrogens (tertiary/aromatic N) is 6. The summed E-state index contributed by atoms with van der Waals surface area (Å²) in [4.78, 5) is 18.5. The lowest BCUT2D eigenvalue weighted by atomic mass is 10.0. The second-order valence-corrected chi connectivity index (χ2v) is 11.4. The van der Waals surface area contributed by atoms with E-state index in [9.17, 15) is 15.3 Å². The molecule has 0 radical (unpaired) electrons. The van der Waals surface area contributed by atoms with E-state index in [4.69, 9.17) is 19.4 Å². The quantitative estimate of drug-likeness (QED) is 0.238. The van der Waals surface area contributed by atoms with Crippen molar-refractivity contribution in [3.8, 4) is 11.8 Å². The molecule has 4 heterocycles. The highest BCUT2D eigenvalue weighted by molar-refractivity contribution is 5.95. The summed E-state index contributed by atoms with van der Waals surface area (Å²) in [5, 5.41) is 33.3. The molecule has 2 aromatic carbocycles. The SMILES string of the molecule is C=CC(O)N1CCN(c2nc(OCCCN3CCOCC3)nc3c2CCN(c2cc(O)cc4ccccc24)C3)C(CO)C1. The number of anilines is 2. The van der Waals surface area contributed by atoms with E-state index in [0.717, 1.165) is 79.3 Å². The molecule has 2 atom stereocenters. The Morgan fingerprint density at radius 3 is 2.74 bits per heavy atom. The molecule has 11 nitrogen and oxygen atoms in total. The Morgan fingerprint density at radius 1 is 1.09 bits per heavy atom. The molecule has 2 unspecified atom stereocenters. The first-order chi connectivity index (χ1) is 21.0. The molecule has 6 rings (SSSR count). The summed E-state index contributed by atoms with van der Waals surface area (Å²) in [5.41, 5.74) is 2.91. The molecular formula is C32H42N6O5. The van der Waals surface area contributed by atoms with Crippen LogP contribution in [0.1, 0.15) is 17.7 Å². The number of fused-ring (bicyclic) bond motifs is 2. The van der Waals surface area contributed by atoms with Crippen LogP contribution in [-0.2, 0) is 17.7 Å². The van der Waals surface area contributed by atoms with E-state index in [2.05, 4.69) is 27.3 Å². The third-order valence-electron chi connectivity index (χ3n) is 8.72. The number of rotatable bonds is 10. The summed E-state index contributed by atoms with van der Waals surface area (Å²) < 4.78 is 11.6. The largest absolute Gasteiger partial charge is 0.508 e. The van der Waals surface area contributed by atoms with Crippen molar-refractivity contribution in [3.05, 3.63) is 60.3 Å². The van der Waals surface area contributed by atoms with E-state index in [1.54, 1.807) is 6.07 Å². The molecule has 2 fully saturated rings. The van der Waals surface area contributed by atoms with E-state index in [0.29, 0.717) is 45.2 Å². The van der Waals surface area contributed by atoms with E-state index in [1.807, 2.05) is 29.2 Å². The number of aromatic hydroxyl groups is 1. The Kier molecular flexibility index (Phi) is 9.25. The standard InChI is InChI=1S/C32H42N6O5/c1-2-30(41)37-11-12-38(24(20-37)22-39)31-27-8-10-36(29-19-25(40)18-23-6-3-4-7-26(23)29)21-28(27)33-32(34-31)43-15-5-9-35-13-16-42-17-14-35/h2-4,6-7,18-19,24,30,39-41H,1,5,8-17,20-22H2. The number of aliphatic hydroxyl groups is 2. The zero-order chi connectivity index (χ0) is 29.8. The highest BCUT2D eigenvalue weighted by Gasteiger charge is 2.34. The zero-order valence-electron chi connectivity index (χ0n) is 24.6. The van der Waals surface area contributed by atoms with Crippen molar-refractivity contribution in [2.75, 3.05) is 82.0 Å². The van der Waals surface area contributed by atoms with Gasteiger partial charge in [0.1, 0.15) is 17.8 Å². The molecular weight excluding hydrogens is 548 g/mol. The summed E-state index contributed by atoms with van der Waals surface area (Å²) in [6.07, 6.45) is 2.32. The van der Waals surface area contributed by atoms with Crippen LogP contribution in [0.4, 0.5) is 11.5 Å². The second-order valence-electron chi connectivity index (χ2n) is 11.4. The highest BCUT2D eigenvalue weighted by Crippen LogP contribution is 2.37. The van der Waals surface area contributed by atoms with Crippen molar-refractivity contribution in [1.82, 2.24) is 19.8 Å². The molecule has 230 valence electrons. The Labute approximate surface area is 252 Å². The molecule has 0 amide bonds. The number of benzene rings is 2. The van der Waals surface area contributed by atoms with Gasteiger partial charge in [-0.25, -0.2) is 0 Å². The fraction of sp³-hybridized carbons (Fsp3) is 0.500. The summed E-state index contributed by atoms with van der Waals surface area (Å²) in [5.74, 6) is 1.03. The van der Waals surface area contributed by atoms with Crippen LogP contribution in [0.25, 0.3) is 10.8 Å². The lowest BCUT2D eigenvalue weighted by Gasteiger charge is -2.43. The van der Waals surface area contributed by atoms with Gasteiger partial charge in [0.25, 0.3) is 0 Å². The van der Waals surface area contributed by atoms with E-state index < -0.39 is 6.23 Å². The van der Waals surface area contributed by atoms with Gasteiger partial charge in [0.15, 0.2) is 0 Å². The number of aliphatic hydroxyl groups excluding tert-OH is 2. The molecule has 3 aromatic rings. The molecule has 3 aliphatic heterocycles. The maximum atomic E-state index is 10.5. The fourth-order valence-electron chi connectivity index (χ4n) is 6.41. The average molecular weight is 591 g/mol. The molecule has 3 aliphatic rings. The number of phenolic OH excluding ortho intramolecular Hbond substituents is 1. The van der Waals surface area contributed by atoms with Crippen molar-refractivity contribution < 1.29 is 24.8 Å². The fourth-order valence-corrected chi connectivity index (χ4v) is 6.41. The summed E-state index contributed by atoms with van der Waals surface area (Å²) in [7, 11) is 0. The molecule has 0 aliphatic carbocycles. The Balaban J connectivity index is 1.28. The van der Waals surface area contributed by atoms with Crippen LogP contribution in [0.5, 0.6) is 11.8 Å². The Hall–Kier alpha value is -3.48. The monoisotopic (exact) mass is 590 g/mol. The molecule has 3 N–H and O–H groups in total. The van der Waals surface area contributed by atoms with Gasteiger partial charge in [-0.1, -0.05) is 30.8 Å². The number of ether oxygens (including phenoxy) is 2. The first-order valence-corrected chi connectivity index (χ1v) is 15.3. The lowest BCUT2D eigenvalue weighted by molar-refractivity contribution is 0.0214. The van der Waals surface area contributed by atoms with Gasteiger partial charge in [-0.15, -0.1) is 0 Å². The van der Waals surface area contributed by atoms with Crippen molar-refractivity contribution in [2.24, 2.45) is 0 Å². The molecule has 43 heavy (non-hydrogen) atoms. The van der Waals surface area contributed by atoms with Crippen molar-refractivity contribution in [2.45, 2.75) is 31.7 Å². The van der Waals surface area contributed by atoms with Gasteiger partial charge in [-0.05, 0) is 30.4 Å². The summed E-state index contributed by atoms with van der Waals surface area (Å²) in [6, 6.07) is 11.8. The van der Waals surface area contributed by atoms with Gasteiger partial charge in [0.2, 0.25) is 0 Å². The minimum absolute atomic E-state index is 0.0731. The average Bonchev–Trinajstić information content (AvgIpc) is 3.05. The first-order valence-electron chi connectivity index (χ1n) is 15.3. The summed E-state index contributed by atoms with van der Waals surface area (Å²) in [6.45, 7) is 11.5. The van der Waals surface area contributed by atoms with Gasteiger partial charge in [0.05, 0.1) is 44.7 Å². The van der Waals surface area contributed by atoms with Crippen molar-refractivity contribution in [1.29, 1.82) is 0 Å². The van der Waals surface area contributed by atoms with Crippen LogP contribution in [-0.4, -0.2) is 120 Å². The normalized spacial score (nSPS) is 20.7. The minimum Gasteiger partial charge on any atom is -0.508 e. The zero-order valence-corrected chi connectivity index (χ0v) is 24.6. The van der Waals surface area contributed by atoms with Gasteiger partial charge in [-0.2, -0.15) is 9.97 Å². The highest BCUT2D eigenvalue weighted by atomic mass is 16.5. The number of morpholine rings is 1. The van der Waals surface area contributed by atoms with Crippen LogP contribution in [0.15, 0.2) is 49.1 Å². The molecule has 0 spiro atoms. The Bertz CT molecular complexity index is 1420. The minimum atomic E-state index is -0.758. The maximum absolute atomic E-state index is 10.5. The van der Waals surface area contributed by atoms with Gasteiger partial charge in [0, 0.05) is 68.5 Å². The van der Waals surface area contributed by atoms with Crippen molar-refractivity contribution in [3.63, 3.8) is 0 Å². The lowest BCUT2D eigenvalue weighted by Crippen LogP contribution is -2.57. The second kappa shape index (κ2) is 13.4. The molecule has 1 aromatic heterocycles. The predicted octanol–water partition coefficient (Wildman–Crippen LogP) is 1.99. The summed E-state index contributed by atoms with van der Waals surface area (Å²) >= 11 is 0. The van der Waals surface area contributed by atoms with Crippen LogP contribution in [0, 0.1) is 0 Å². The first kappa shape index (κ1) is 29.6. The molecule has 2 saturated heterocycles. The Morgan fingerprint density at radius 2 is 1.93 bits per heavy atom. The third kappa shape index (κ3) is 6.56. The molecule has 0 saturated carbocycles. The molecule has 0 bridgehead atoms. The molecule has 11 heteroatoms. The van der Waals surface area contributed by atoms with Gasteiger partial charge >= 0.3 is 6.01 Å².